The molecule has 8 heteroatoms. The number of hydrogen-bond acceptors (Lipinski definition) is 7. The lowest BCUT2D eigenvalue weighted by molar-refractivity contribution is 0.122. The maximum absolute atomic E-state index is 9.99. The summed E-state index contributed by atoms with van der Waals surface area (Å²) in [6, 6.07) is 21.9. The molecule has 5 rings (SSSR count). The third-order valence-corrected chi connectivity index (χ3v) is 5.33. The minimum atomic E-state index is 0.377. The average molecular weight is 435 g/mol. The van der Waals surface area contributed by atoms with Crippen molar-refractivity contribution in [3.05, 3.63) is 84.4 Å². The summed E-state index contributed by atoms with van der Waals surface area (Å²) >= 11 is 0. The molecule has 2 aromatic heterocycles. The van der Waals surface area contributed by atoms with Gasteiger partial charge in [0.25, 0.3) is 0 Å². The highest BCUT2D eigenvalue weighted by Gasteiger charge is 2.23. The van der Waals surface area contributed by atoms with Gasteiger partial charge < -0.3 is 9.64 Å². The highest BCUT2D eigenvalue weighted by molar-refractivity contribution is 5.88. The number of para-hydroxylation sites is 1. The molecule has 3 heterocycles. The summed E-state index contributed by atoms with van der Waals surface area (Å²) in [4.78, 5) is 11.0. The molecule has 0 saturated carbocycles. The molecule has 8 nitrogen and oxygen atoms in total. The van der Waals surface area contributed by atoms with Crippen molar-refractivity contribution in [2.75, 3.05) is 31.2 Å². The van der Waals surface area contributed by atoms with Gasteiger partial charge in [-0.05, 0) is 18.2 Å². The molecule has 4 aromatic rings. The van der Waals surface area contributed by atoms with Crippen molar-refractivity contribution >= 4 is 17.6 Å². The quantitative estimate of drug-likeness (QED) is 0.442. The third kappa shape index (κ3) is 4.35. The first-order valence-electron chi connectivity index (χ1n) is 10.7. The fourth-order valence-electron chi connectivity index (χ4n) is 3.70. The third-order valence-electron chi connectivity index (χ3n) is 5.33. The Balaban J connectivity index is 1.54. The van der Waals surface area contributed by atoms with Gasteiger partial charge in [0.05, 0.1) is 24.5 Å². The summed E-state index contributed by atoms with van der Waals surface area (Å²) < 4.78 is 7.40. The van der Waals surface area contributed by atoms with Gasteiger partial charge in [0.1, 0.15) is 6.07 Å². The Bertz CT molecular complexity index is 1290. The zero-order valence-electron chi connectivity index (χ0n) is 17.9. The number of hydrogen-bond donors (Lipinski definition) is 0. The summed E-state index contributed by atoms with van der Waals surface area (Å²) in [7, 11) is 0. The van der Waals surface area contributed by atoms with Crippen molar-refractivity contribution in [1.29, 1.82) is 5.26 Å². The van der Waals surface area contributed by atoms with Gasteiger partial charge in [-0.1, -0.05) is 48.5 Å². The predicted molar refractivity (Wildman–Crippen MR) is 125 cm³/mol. The van der Waals surface area contributed by atoms with Gasteiger partial charge in [-0.2, -0.15) is 5.26 Å². The van der Waals surface area contributed by atoms with Gasteiger partial charge in [0.15, 0.2) is 11.6 Å². The molecule has 0 aliphatic carbocycles. The van der Waals surface area contributed by atoms with Gasteiger partial charge >= 0.3 is 0 Å². The van der Waals surface area contributed by atoms with E-state index in [1.807, 2.05) is 65.2 Å². The molecule has 0 spiro atoms. The van der Waals surface area contributed by atoms with Crippen molar-refractivity contribution in [3.8, 4) is 23.1 Å². The van der Waals surface area contributed by atoms with Crippen LogP contribution in [-0.2, 0) is 4.74 Å². The second kappa shape index (κ2) is 9.42. The number of rotatable bonds is 5. The molecule has 1 fully saturated rings. The van der Waals surface area contributed by atoms with Crippen molar-refractivity contribution < 1.29 is 4.74 Å². The van der Waals surface area contributed by atoms with Crippen LogP contribution in [0.1, 0.15) is 11.4 Å². The van der Waals surface area contributed by atoms with Crippen LogP contribution in [-0.4, -0.2) is 51.0 Å². The van der Waals surface area contributed by atoms with E-state index in [1.54, 1.807) is 18.5 Å². The first-order valence-corrected chi connectivity index (χ1v) is 10.7. The molecule has 162 valence electrons. The van der Waals surface area contributed by atoms with Crippen molar-refractivity contribution in [3.63, 3.8) is 0 Å². The van der Waals surface area contributed by atoms with E-state index in [9.17, 15) is 5.26 Å². The fourth-order valence-corrected chi connectivity index (χ4v) is 3.70. The Hall–Kier alpha value is -4.35. The Labute approximate surface area is 191 Å². The first-order chi connectivity index (χ1) is 16.3. The van der Waals surface area contributed by atoms with Crippen LogP contribution in [0.3, 0.4) is 0 Å². The maximum atomic E-state index is 9.99. The molecule has 2 aromatic carbocycles. The van der Waals surface area contributed by atoms with Gasteiger partial charge in [-0.25, -0.2) is 9.97 Å². The van der Waals surface area contributed by atoms with E-state index < -0.39 is 0 Å². The monoisotopic (exact) mass is 435 g/mol. The van der Waals surface area contributed by atoms with Crippen molar-refractivity contribution in [2.45, 2.75) is 0 Å². The Kier molecular flexibility index (Phi) is 5.87. The van der Waals surface area contributed by atoms with Gasteiger partial charge in [0.2, 0.25) is 5.95 Å². The zero-order chi connectivity index (χ0) is 22.5. The molecule has 0 unspecified atom stereocenters. The van der Waals surface area contributed by atoms with Crippen LogP contribution in [0.2, 0.25) is 0 Å². The van der Waals surface area contributed by atoms with E-state index >= 15 is 0 Å². The van der Waals surface area contributed by atoms with Gasteiger partial charge in [-0.3, -0.25) is 4.57 Å². The number of ether oxygens (including phenoxy) is 1. The van der Waals surface area contributed by atoms with E-state index in [0.29, 0.717) is 55.0 Å². The van der Waals surface area contributed by atoms with E-state index in [2.05, 4.69) is 31.1 Å². The van der Waals surface area contributed by atoms with E-state index in [-0.39, 0.29) is 0 Å². The molecule has 0 amide bonds. The molecule has 1 aliphatic heterocycles. The van der Waals surface area contributed by atoms with Crippen LogP contribution in [0.25, 0.3) is 28.7 Å². The standard InChI is InChI=1S/C25H21N7O/c26-16-21(15-19-17-27-23(28-18-19)20-7-3-1-4-8-20)24-29-30-25(31-11-13-33-14-12-31)32(24)22-9-5-2-6-10-22/h1-10,15,17-18H,11-14H2. The van der Waals surface area contributed by atoms with Crippen LogP contribution in [0.5, 0.6) is 0 Å². The van der Waals surface area contributed by atoms with Crippen LogP contribution in [0.4, 0.5) is 5.95 Å². The molecule has 1 aliphatic rings. The van der Waals surface area contributed by atoms with E-state index in [1.165, 1.54) is 0 Å². The second-order valence-corrected chi connectivity index (χ2v) is 7.47. The smallest absolute Gasteiger partial charge is 0.232 e. The lowest BCUT2D eigenvalue weighted by Crippen LogP contribution is -2.38. The van der Waals surface area contributed by atoms with E-state index in [4.69, 9.17) is 4.74 Å². The summed E-state index contributed by atoms with van der Waals surface area (Å²) in [5, 5.41) is 18.8. The molecular weight excluding hydrogens is 414 g/mol. The predicted octanol–water partition coefficient (Wildman–Crippen LogP) is 3.63. The number of anilines is 1. The summed E-state index contributed by atoms with van der Waals surface area (Å²) in [6.07, 6.45) is 5.15. The SMILES string of the molecule is N#CC(=Cc1cnc(-c2ccccc2)nc1)c1nnc(N2CCOCC2)n1-c1ccccc1. The molecule has 0 bridgehead atoms. The molecule has 0 atom stereocenters. The highest BCUT2D eigenvalue weighted by Crippen LogP contribution is 2.26. The average Bonchev–Trinajstić information content (AvgIpc) is 3.34. The molecular formula is C25H21N7O. The number of allylic oxidation sites excluding steroid dienone is 1. The van der Waals surface area contributed by atoms with Crippen LogP contribution >= 0.6 is 0 Å². The fraction of sp³-hybridized carbons (Fsp3) is 0.160. The number of nitriles is 1. The lowest BCUT2D eigenvalue weighted by Gasteiger charge is -2.28. The minimum Gasteiger partial charge on any atom is -0.378 e. The van der Waals surface area contributed by atoms with Crippen LogP contribution < -0.4 is 4.90 Å². The first kappa shape index (κ1) is 20.5. The number of morpholine rings is 1. The Morgan fingerprint density at radius 2 is 1.58 bits per heavy atom. The van der Waals surface area contributed by atoms with E-state index in [0.717, 1.165) is 11.3 Å². The normalized spacial score (nSPS) is 14.2. The van der Waals surface area contributed by atoms with Gasteiger partial charge in [0, 0.05) is 36.6 Å². The van der Waals surface area contributed by atoms with Crippen molar-refractivity contribution in [2.24, 2.45) is 0 Å². The largest absolute Gasteiger partial charge is 0.378 e. The minimum absolute atomic E-state index is 0.377. The number of nitrogens with zero attached hydrogens (tertiary/aromatic N) is 7. The number of benzene rings is 2. The van der Waals surface area contributed by atoms with Crippen LogP contribution in [0.15, 0.2) is 73.1 Å². The summed E-state index contributed by atoms with van der Waals surface area (Å²) in [5.41, 5.74) is 2.91. The molecule has 33 heavy (non-hydrogen) atoms. The Morgan fingerprint density at radius 3 is 2.24 bits per heavy atom. The molecule has 0 N–H and O–H groups in total. The number of aromatic nitrogens is 5. The van der Waals surface area contributed by atoms with Crippen LogP contribution in [0, 0.1) is 11.3 Å². The highest BCUT2D eigenvalue weighted by atomic mass is 16.5. The second-order valence-electron chi connectivity index (χ2n) is 7.47. The summed E-state index contributed by atoms with van der Waals surface area (Å²) in [5.74, 6) is 1.79. The maximum Gasteiger partial charge on any atom is 0.232 e. The lowest BCUT2D eigenvalue weighted by atomic mass is 10.1. The zero-order valence-corrected chi connectivity index (χ0v) is 17.9. The topological polar surface area (TPSA) is 92.8 Å². The molecule has 1 saturated heterocycles. The van der Waals surface area contributed by atoms with Gasteiger partial charge in [-0.15, -0.1) is 10.2 Å². The van der Waals surface area contributed by atoms with Crippen molar-refractivity contribution in [1.82, 2.24) is 24.7 Å². The Morgan fingerprint density at radius 1 is 0.909 bits per heavy atom. The molecule has 0 radical (unpaired) electrons. The summed E-state index contributed by atoms with van der Waals surface area (Å²) in [6.45, 7) is 2.68.